The molecular formula is C14H14F3NO3. The van der Waals surface area contributed by atoms with E-state index < -0.39 is 24.0 Å². The van der Waals surface area contributed by atoms with Crippen LogP contribution in [-0.2, 0) is 16.0 Å². The highest BCUT2D eigenvalue weighted by Gasteiger charge is 2.36. The monoisotopic (exact) mass is 301 g/mol. The normalized spacial score (nSPS) is 13.6. The molecule has 1 aromatic rings. The summed E-state index contributed by atoms with van der Waals surface area (Å²) < 4.78 is 36.3. The van der Waals surface area contributed by atoms with Crippen molar-refractivity contribution in [3.8, 4) is 0 Å². The van der Waals surface area contributed by atoms with Gasteiger partial charge in [0.15, 0.2) is 0 Å². The van der Waals surface area contributed by atoms with Gasteiger partial charge in [-0.3, -0.25) is 4.79 Å². The molecule has 0 heterocycles. The highest BCUT2D eigenvalue weighted by molar-refractivity contribution is 5.94. The molecule has 0 aliphatic carbocycles. The van der Waals surface area contributed by atoms with E-state index in [4.69, 9.17) is 5.11 Å². The summed E-state index contributed by atoms with van der Waals surface area (Å²) in [5.74, 6) is -3.25. The zero-order chi connectivity index (χ0) is 16.0. The predicted molar refractivity (Wildman–Crippen MR) is 69.5 cm³/mol. The molecule has 0 aromatic heterocycles. The molecule has 0 spiro atoms. The van der Waals surface area contributed by atoms with E-state index in [0.29, 0.717) is 11.6 Å². The number of nitrogens with one attached hydrogen (secondary N) is 1. The number of carboxylic acid groups (broad SMARTS) is 1. The van der Waals surface area contributed by atoms with Crippen LogP contribution in [0.15, 0.2) is 42.1 Å². The predicted octanol–water partition coefficient (Wildman–Crippen LogP) is 2.31. The van der Waals surface area contributed by atoms with Crippen molar-refractivity contribution < 1.29 is 27.9 Å². The number of carboxylic acids is 1. The van der Waals surface area contributed by atoms with Crippen LogP contribution >= 0.6 is 0 Å². The number of carbonyl (C=O) groups excluding carboxylic acids is 1. The summed E-state index contributed by atoms with van der Waals surface area (Å²) in [4.78, 5) is 21.9. The van der Waals surface area contributed by atoms with Crippen molar-refractivity contribution >= 4 is 11.8 Å². The fraction of sp³-hybridized carbons (Fsp3) is 0.286. The largest absolute Gasteiger partial charge is 0.480 e. The number of ketones is 1. The average molecular weight is 301 g/mol. The van der Waals surface area contributed by atoms with Crippen molar-refractivity contribution in [2.24, 2.45) is 0 Å². The molecule has 0 unspecified atom stereocenters. The lowest BCUT2D eigenvalue weighted by molar-refractivity contribution is -0.165. The number of rotatable bonds is 6. The molecular weight excluding hydrogens is 287 g/mol. The van der Waals surface area contributed by atoms with Crippen molar-refractivity contribution in [2.45, 2.75) is 25.6 Å². The van der Waals surface area contributed by atoms with Crippen LogP contribution in [0.2, 0.25) is 0 Å². The average Bonchev–Trinajstić information content (AvgIpc) is 2.37. The standard InChI is InChI=1S/C14H14F3NO3/c1-9(7-12(19)14(15,16)17)18-11(13(20)21)8-10-5-3-2-4-6-10/h2-7,11,18H,8H2,1H3,(H,20,21)/b9-7-/t11-/m0/s1. The zero-order valence-electron chi connectivity index (χ0n) is 11.1. The second-order valence-corrected chi connectivity index (χ2v) is 4.41. The quantitative estimate of drug-likeness (QED) is 0.791. The SMILES string of the molecule is C/C(=C/C(=O)C(F)(F)F)N[C@@H](Cc1ccccc1)C(=O)O. The molecule has 21 heavy (non-hydrogen) atoms. The molecule has 0 aliphatic heterocycles. The second-order valence-electron chi connectivity index (χ2n) is 4.41. The Kier molecular flexibility index (Phi) is 5.52. The lowest BCUT2D eigenvalue weighted by Crippen LogP contribution is -2.38. The number of alkyl halides is 3. The summed E-state index contributed by atoms with van der Waals surface area (Å²) >= 11 is 0. The van der Waals surface area contributed by atoms with Gasteiger partial charge in [0.05, 0.1) is 0 Å². The van der Waals surface area contributed by atoms with Crippen LogP contribution in [0.3, 0.4) is 0 Å². The molecule has 0 fully saturated rings. The molecule has 1 atom stereocenters. The van der Waals surface area contributed by atoms with Crippen LogP contribution in [0.25, 0.3) is 0 Å². The van der Waals surface area contributed by atoms with Crippen molar-refractivity contribution in [3.05, 3.63) is 47.7 Å². The number of hydrogen-bond donors (Lipinski definition) is 2. The van der Waals surface area contributed by atoms with Gasteiger partial charge in [0, 0.05) is 18.2 Å². The molecule has 0 saturated carbocycles. The maximum absolute atomic E-state index is 12.1. The zero-order valence-corrected chi connectivity index (χ0v) is 11.1. The molecule has 7 heteroatoms. The van der Waals surface area contributed by atoms with E-state index in [1.54, 1.807) is 30.3 Å². The fourth-order valence-corrected chi connectivity index (χ4v) is 1.64. The molecule has 1 aromatic carbocycles. The van der Waals surface area contributed by atoms with Crippen LogP contribution in [0, 0.1) is 0 Å². The minimum Gasteiger partial charge on any atom is -0.480 e. The fourth-order valence-electron chi connectivity index (χ4n) is 1.64. The summed E-state index contributed by atoms with van der Waals surface area (Å²) in [5, 5.41) is 11.5. The summed E-state index contributed by atoms with van der Waals surface area (Å²) in [6, 6.07) is 7.51. The highest BCUT2D eigenvalue weighted by Crippen LogP contribution is 2.17. The van der Waals surface area contributed by atoms with Gasteiger partial charge in [-0.15, -0.1) is 0 Å². The van der Waals surface area contributed by atoms with Gasteiger partial charge in [-0.05, 0) is 12.5 Å². The van der Waals surface area contributed by atoms with Gasteiger partial charge < -0.3 is 10.4 Å². The number of halogens is 3. The maximum atomic E-state index is 12.1. The van der Waals surface area contributed by atoms with Gasteiger partial charge in [-0.1, -0.05) is 30.3 Å². The molecule has 4 nitrogen and oxygen atoms in total. The number of carbonyl (C=O) groups is 2. The van der Waals surface area contributed by atoms with Crippen LogP contribution < -0.4 is 5.32 Å². The van der Waals surface area contributed by atoms with Crippen LogP contribution in [0.5, 0.6) is 0 Å². The Morgan fingerprint density at radius 3 is 2.33 bits per heavy atom. The van der Waals surface area contributed by atoms with Gasteiger partial charge >= 0.3 is 12.1 Å². The molecule has 0 bridgehead atoms. The van der Waals surface area contributed by atoms with E-state index in [-0.39, 0.29) is 12.1 Å². The molecule has 0 saturated heterocycles. The Labute approximate surface area is 119 Å². The van der Waals surface area contributed by atoms with E-state index in [0.717, 1.165) is 0 Å². The van der Waals surface area contributed by atoms with Gasteiger partial charge in [-0.2, -0.15) is 13.2 Å². The molecule has 1 rings (SSSR count). The molecule has 0 radical (unpaired) electrons. The third kappa shape index (κ3) is 5.68. The molecule has 2 N–H and O–H groups in total. The van der Waals surface area contributed by atoms with E-state index in [1.807, 2.05) is 0 Å². The van der Waals surface area contributed by atoms with Gasteiger partial charge in [0.1, 0.15) is 6.04 Å². The van der Waals surface area contributed by atoms with Crippen LogP contribution in [0.4, 0.5) is 13.2 Å². The Hall–Kier alpha value is -2.31. The highest BCUT2D eigenvalue weighted by atomic mass is 19.4. The van der Waals surface area contributed by atoms with E-state index in [9.17, 15) is 22.8 Å². The van der Waals surface area contributed by atoms with E-state index in [1.165, 1.54) is 6.92 Å². The number of allylic oxidation sites excluding steroid dienone is 2. The third-order valence-corrected chi connectivity index (χ3v) is 2.61. The Balaban J connectivity index is 2.77. The van der Waals surface area contributed by atoms with Gasteiger partial charge in [-0.25, -0.2) is 4.79 Å². The lowest BCUT2D eigenvalue weighted by Gasteiger charge is -2.16. The number of hydrogen-bond acceptors (Lipinski definition) is 3. The number of aliphatic carboxylic acids is 1. The van der Waals surface area contributed by atoms with E-state index >= 15 is 0 Å². The van der Waals surface area contributed by atoms with Crippen LogP contribution in [0.1, 0.15) is 12.5 Å². The van der Waals surface area contributed by atoms with Crippen molar-refractivity contribution in [3.63, 3.8) is 0 Å². The minimum atomic E-state index is -4.97. The lowest BCUT2D eigenvalue weighted by atomic mass is 10.1. The first-order valence-electron chi connectivity index (χ1n) is 6.03. The minimum absolute atomic E-state index is 0.0849. The van der Waals surface area contributed by atoms with Crippen molar-refractivity contribution in [1.82, 2.24) is 5.32 Å². The summed E-state index contributed by atoms with van der Waals surface area (Å²) in [6.45, 7) is 1.21. The van der Waals surface area contributed by atoms with Gasteiger partial charge in [0.25, 0.3) is 5.78 Å². The first kappa shape index (κ1) is 16.7. The maximum Gasteiger partial charge on any atom is 0.454 e. The summed E-state index contributed by atoms with van der Waals surface area (Å²) in [5.41, 5.74) is 0.563. The van der Waals surface area contributed by atoms with Crippen molar-refractivity contribution in [1.29, 1.82) is 0 Å². The van der Waals surface area contributed by atoms with Crippen LogP contribution in [-0.4, -0.2) is 29.1 Å². The smallest absolute Gasteiger partial charge is 0.454 e. The first-order chi connectivity index (χ1) is 9.70. The number of benzene rings is 1. The summed E-state index contributed by atoms with van der Waals surface area (Å²) in [7, 11) is 0. The van der Waals surface area contributed by atoms with Crippen molar-refractivity contribution in [2.75, 3.05) is 0 Å². The third-order valence-electron chi connectivity index (χ3n) is 2.61. The topological polar surface area (TPSA) is 66.4 Å². The first-order valence-corrected chi connectivity index (χ1v) is 6.03. The summed E-state index contributed by atoms with van der Waals surface area (Å²) in [6.07, 6.45) is -4.54. The Morgan fingerprint density at radius 1 is 1.29 bits per heavy atom. The van der Waals surface area contributed by atoms with E-state index in [2.05, 4.69) is 5.32 Å². The molecule has 0 aliphatic rings. The second kappa shape index (κ2) is 6.92. The molecule has 0 amide bonds. The van der Waals surface area contributed by atoms with Gasteiger partial charge in [0.2, 0.25) is 0 Å². The Morgan fingerprint density at radius 2 is 1.86 bits per heavy atom. The molecule has 114 valence electrons. The Bertz CT molecular complexity index is 538.